The predicted molar refractivity (Wildman–Crippen MR) is 69.3 cm³/mol. The molecule has 6 nitrogen and oxygen atoms in total. The van der Waals surface area contributed by atoms with Crippen LogP contribution < -0.4 is 5.14 Å². The first-order valence-corrected chi connectivity index (χ1v) is 7.57. The number of nitrogens with two attached hydrogens (primary N) is 1. The summed E-state index contributed by atoms with van der Waals surface area (Å²) in [5, 5.41) is 6.58. The van der Waals surface area contributed by atoms with Crippen LogP contribution in [0.4, 0.5) is 0 Å². The molecule has 102 valence electrons. The normalized spacial score (nSPS) is 11.6. The van der Waals surface area contributed by atoms with Crippen molar-refractivity contribution in [2.75, 3.05) is 27.3 Å². The van der Waals surface area contributed by atoms with E-state index >= 15 is 0 Å². The van der Waals surface area contributed by atoms with Crippen molar-refractivity contribution in [3.8, 4) is 0 Å². The fourth-order valence-electron chi connectivity index (χ4n) is 1.43. The quantitative estimate of drug-likeness (QED) is 0.851. The Morgan fingerprint density at radius 3 is 2.61 bits per heavy atom. The largest absolute Gasteiger partial charge is 0.383 e. The average molecular weight is 292 g/mol. The number of thiophene rings is 1. The second-order valence-corrected chi connectivity index (χ2v) is 6.46. The zero-order chi connectivity index (χ0) is 13.9. The van der Waals surface area contributed by atoms with Crippen LogP contribution in [0.3, 0.4) is 0 Å². The van der Waals surface area contributed by atoms with Crippen LogP contribution >= 0.6 is 11.3 Å². The van der Waals surface area contributed by atoms with Gasteiger partial charge < -0.3 is 9.64 Å². The van der Waals surface area contributed by atoms with Gasteiger partial charge in [-0.2, -0.15) is 0 Å². The van der Waals surface area contributed by atoms with Gasteiger partial charge in [0.1, 0.15) is 4.21 Å². The number of hydrogen-bond donors (Lipinski definition) is 1. The summed E-state index contributed by atoms with van der Waals surface area (Å²) in [5.74, 6) is -0.240. The maximum absolute atomic E-state index is 12.1. The number of nitrogens with zero attached hydrogens (tertiary/aromatic N) is 1. The first-order chi connectivity index (χ1) is 8.29. The van der Waals surface area contributed by atoms with Crippen molar-refractivity contribution in [1.29, 1.82) is 0 Å². The first-order valence-electron chi connectivity index (χ1n) is 5.14. The van der Waals surface area contributed by atoms with E-state index in [2.05, 4.69) is 0 Å². The molecule has 0 saturated heterocycles. The molecule has 0 fully saturated rings. The molecule has 1 aromatic rings. The molecule has 1 aromatic heterocycles. The number of carbonyl (C=O) groups is 1. The van der Waals surface area contributed by atoms with Crippen molar-refractivity contribution in [3.63, 3.8) is 0 Å². The molecule has 1 amide bonds. The van der Waals surface area contributed by atoms with Gasteiger partial charge in [0.05, 0.1) is 12.2 Å². The minimum Gasteiger partial charge on any atom is -0.383 e. The van der Waals surface area contributed by atoms with Gasteiger partial charge in [-0.15, -0.1) is 11.3 Å². The van der Waals surface area contributed by atoms with Gasteiger partial charge in [-0.1, -0.05) is 0 Å². The molecule has 0 radical (unpaired) electrons. The van der Waals surface area contributed by atoms with Crippen molar-refractivity contribution in [1.82, 2.24) is 4.90 Å². The zero-order valence-corrected chi connectivity index (χ0v) is 12.1. The number of ether oxygens (including phenoxy) is 1. The molecule has 0 aliphatic rings. The van der Waals surface area contributed by atoms with E-state index in [0.29, 0.717) is 24.3 Å². The van der Waals surface area contributed by atoms with Crippen molar-refractivity contribution in [2.24, 2.45) is 5.14 Å². The Hall–Kier alpha value is -0.960. The number of primary sulfonamides is 1. The smallest absolute Gasteiger partial charge is 0.254 e. The monoisotopic (exact) mass is 292 g/mol. The van der Waals surface area contributed by atoms with Crippen LogP contribution in [0.1, 0.15) is 15.9 Å². The molecule has 0 aromatic carbocycles. The second-order valence-electron chi connectivity index (χ2n) is 3.83. The van der Waals surface area contributed by atoms with E-state index < -0.39 is 10.0 Å². The number of methoxy groups -OCH3 is 1. The summed E-state index contributed by atoms with van der Waals surface area (Å²) in [5.41, 5.74) is 0.763. The Bertz CT molecular complexity index is 536. The minimum absolute atomic E-state index is 0.0333. The Labute approximate surface area is 110 Å². The molecule has 2 N–H and O–H groups in total. The molecule has 0 saturated carbocycles. The molecule has 18 heavy (non-hydrogen) atoms. The average Bonchev–Trinajstić information content (AvgIpc) is 2.66. The van der Waals surface area contributed by atoms with Gasteiger partial charge in [0.25, 0.3) is 5.91 Å². The third kappa shape index (κ3) is 3.29. The van der Waals surface area contributed by atoms with Gasteiger partial charge in [-0.3, -0.25) is 4.79 Å². The van der Waals surface area contributed by atoms with Crippen molar-refractivity contribution >= 4 is 27.3 Å². The maximum Gasteiger partial charge on any atom is 0.254 e. The van der Waals surface area contributed by atoms with Crippen LogP contribution in [0.5, 0.6) is 0 Å². The highest BCUT2D eigenvalue weighted by molar-refractivity contribution is 7.91. The van der Waals surface area contributed by atoms with Crippen molar-refractivity contribution < 1.29 is 17.9 Å². The van der Waals surface area contributed by atoms with Crippen molar-refractivity contribution in [3.05, 3.63) is 16.5 Å². The molecule has 0 aliphatic heterocycles. The predicted octanol–water partition coefficient (Wildman–Crippen LogP) is 0.422. The van der Waals surface area contributed by atoms with Gasteiger partial charge >= 0.3 is 0 Å². The van der Waals surface area contributed by atoms with E-state index in [1.807, 2.05) is 0 Å². The highest BCUT2D eigenvalue weighted by Gasteiger charge is 2.22. The van der Waals surface area contributed by atoms with E-state index in [1.165, 1.54) is 10.3 Å². The van der Waals surface area contributed by atoms with Gasteiger partial charge in [0.15, 0.2) is 0 Å². The number of likely N-dealkylation sites (N-methyl/N-ethyl adjacent to an activating group) is 1. The van der Waals surface area contributed by atoms with Gasteiger partial charge in [0.2, 0.25) is 10.0 Å². The van der Waals surface area contributed by atoms with Crippen molar-refractivity contribution in [2.45, 2.75) is 11.1 Å². The Morgan fingerprint density at radius 2 is 2.17 bits per heavy atom. The zero-order valence-electron chi connectivity index (χ0n) is 10.5. The van der Waals surface area contributed by atoms with E-state index in [-0.39, 0.29) is 10.1 Å². The first kappa shape index (κ1) is 15.1. The highest BCUT2D eigenvalue weighted by atomic mass is 32.2. The molecule has 0 aliphatic carbocycles. The van der Waals surface area contributed by atoms with Crippen LogP contribution in [0, 0.1) is 6.92 Å². The standard InChI is InChI=1S/C10H16N2O4S2/c1-7-8(6-17-10(7)18(11,14)15)9(13)12(2)4-5-16-3/h6H,4-5H2,1-3H3,(H2,11,14,15). The molecule has 1 heterocycles. The summed E-state index contributed by atoms with van der Waals surface area (Å²) in [7, 11) is -0.583. The molecular formula is C10H16N2O4S2. The summed E-state index contributed by atoms with van der Waals surface area (Å²) < 4.78 is 27.5. The fourth-order valence-corrected chi connectivity index (χ4v) is 3.43. The van der Waals surface area contributed by atoms with Gasteiger partial charge in [-0.25, -0.2) is 13.6 Å². The van der Waals surface area contributed by atoms with E-state index in [9.17, 15) is 13.2 Å². The van der Waals surface area contributed by atoms with E-state index in [4.69, 9.17) is 9.88 Å². The number of sulfonamides is 1. The summed E-state index contributed by atoms with van der Waals surface area (Å²) in [6.45, 7) is 2.44. The summed E-state index contributed by atoms with van der Waals surface area (Å²) >= 11 is 0.961. The van der Waals surface area contributed by atoms with E-state index in [0.717, 1.165) is 11.3 Å². The topological polar surface area (TPSA) is 89.7 Å². The summed E-state index contributed by atoms with van der Waals surface area (Å²) in [4.78, 5) is 13.5. The summed E-state index contributed by atoms with van der Waals surface area (Å²) in [6.07, 6.45) is 0. The number of carbonyl (C=O) groups excluding carboxylic acids is 1. The molecule has 0 atom stereocenters. The SMILES string of the molecule is COCCN(C)C(=O)c1csc(S(N)(=O)=O)c1C. The number of hydrogen-bond acceptors (Lipinski definition) is 5. The van der Waals surface area contributed by atoms with Crippen LogP contribution in [-0.4, -0.2) is 46.5 Å². The Balaban J connectivity index is 2.98. The molecular weight excluding hydrogens is 276 g/mol. The van der Waals surface area contributed by atoms with E-state index in [1.54, 1.807) is 21.1 Å². The minimum atomic E-state index is -3.77. The Kier molecular flexibility index (Phi) is 4.85. The lowest BCUT2D eigenvalue weighted by molar-refractivity contribution is 0.0744. The highest BCUT2D eigenvalue weighted by Crippen LogP contribution is 2.26. The third-order valence-corrected chi connectivity index (χ3v) is 5.14. The third-order valence-electron chi connectivity index (χ3n) is 2.46. The van der Waals surface area contributed by atoms with Gasteiger partial charge in [0, 0.05) is 26.1 Å². The molecule has 8 heteroatoms. The number of rotatable bonds is 5. The second kappa shape index (κ2) is 5.79. The fraction of sp³-hybridized carbons (Fsp3) is 0.500. The molecule has 1 rings (SSSR count). The van der Waals surface area contributed by atoms with Crippen LogP contribution in [-0.2, 0) is 14.8 Å². The van der Waals surface area contributed by atoms with Gasteiger partial charge in [-0.05, 0) is 12.5 Å². The number of amides is 1. The van der Waals surface area contributed by atoms with Crippen LogP contribution in [0.2, 0.25) is 0 Å². The van der Waals surface area contributed by atoms with Crippen LogP contribution in [0.15, 0.2) is 9.59 Å². The maximum atomic E-state index is 12.1. The lowest BCUT2D eigenvalue weighted by atomic mass is 10.2. The molecule has 0 spiro atoms. The van der Waals surface area contributed by atoms with Crippen LogP contribution in [0.25, 0.3) is 0 Å². The summed E-state index contributed by atoms with van der Waals surface area (Å²) in [6, 6.07) is 0. The molecule has 0 unspecified atom stereocenters. The Morgan fingerprint density at radius 1 is 1.56 bits per heavy atom. The lowest BCUT2D eigenvalue weighted by Crippen LogP contribution is -2.30. The molecule has 0 bridgehead atoms. The lowest BCUT2D eigenvalue weighted by Gasteiger charge is -2.16.